The Kier molecular flexibility index (Phi) is 5.27. The van der Waals surface area contributed by atoms with Crippen LogP contribution in [-0.4, -0.2) is 18.0 Å². The van der Waals surface area contributed by atoms with E-state index in [1.807, 2.05) is 18.2 Å². The highest BCUT2D eigenvalue weighted by Crippen LogP contribution is 2.38. The molecule has 1 aliphatic rings. The highest BCUT2D eigenvalue weighted by atomic mass is 16.2. The van der Waals surface area contributed by atoms with Crippen molar-refractivity contribution in [2.24, 2.45) is 0 Å². The van der Waals surface area contributed by atoms with Crippen LogP contribution in [0, 0.1) is 0 Å². The molecule has 28 heavy (non-hydrogen) atoms. The molecule has 1 saturated heterocycles. The van der Waals surface area contributed by atoms with Gasteiger partial charge in [-0.1, -0.05) is 104 Å². The quantitative estimate of drug-likeness (QED) is 0.483. The van der Waals surface area contributed by atoms with Gasteiger partial charge in [0.05, 0.1) is 11.6 Å². The lowest BCUT2D eigenvalue weighted by Gasteiger charge is -2.46. The van der Waals surface area contributed by atoms with Crippen LogP contribution < -0.4 is 10.6 Å². The summed E-state index contributed by atoms with van der Waals surface area (Å²) >= 11 is 0. The first kappa shape index (κ1) is 18.5. The summed E-state index contributed by atoms with van der Waals surface area (Å²) in [6.07, 6.45) is 2.01. The van der Waals surface area contributed by atoms with Crippen LogP contribution in [0.15, 0.2) is 91.0 Å². The van der Waals surface area contributed by atoms with Gasteiger partial charge in [-0.15, -0.1) is 0 Å². The second-order valence-electron chi connectivity index (χ2n) is 7.37. The molecule has 1 fully saturated rings. The lowest BCUT2D eigenvalue weighted by molar-refractivity contribution is -0.132. The first-order chi connectivity index (χ1) is 13.8. The zero-order valence-electron chi connectivity index (χ0n) is 16.1. The van der Waals surface area contributed by atoms with Gasteiger partial charge in [-0.25, -0.2) is 0 Å². The molecule has 2 atom stereocenters. The first-order valence-electron chi connectivity index (χ1n) is 10.0. The fourth-order valence-electron chi connectivity index (χ4n) is 4.21. The third kappa shape index (κ3) is 3.23. The number of nitrogens with one attached hydrogen (secondary N) is 2. The highest BCUT2D eigenvalue weighted by molar-refractivity contribution is 5.89. The summed E-state index contributed by atoms with van der Waals surface area (Å²) in [4.78, 5) is 12.5. The van der Waals surface area contributed by atoms with E-state index >= 15 is 0 Å². The van der Waals surface area contributed by atoms with Crippen molar-refractivity contribution in [3.63, 3.8) is 0 Å². The smallest absolute Gasteiger partial charge is 0.239 e. The number of rotatable bonds is 7. The van der Waals surface area contributed by atoms with E-state index in [9.17, 15) is 4.79 Å². The normalized spacial score (nSPS) is 19.0. The van der Waals surface area contributed by atoms with Gasteiger partial charge in [-0.3, -0.25) is 10.1 Å². The Balaban J connectivity index is 1.90. The van der Waals surface area contributed by atoms with E-state index in [1.54, 1.807) is 0 Å². The van der Waals surface area contributed by atoms with Gasteiger partial charge in [0.15, 0.2) is 0 Å². The number of β-lactam (4-membered cyclic amide) rings is 1. The molecule has 3 aromatic rings. The summed E-state index contributed by atoms with van der Waals surface area (Å²) in [5.74, 6) is 0.0746. The van der Waals surface area contributed by atoms with Crippen LogP contribution >= 0.6 is 0 Å². The van der Waals surface area contributed by atoms with E-state index in [2.05, 4.69) is 90.4 Å². The van der Waals surface area contributed by atoms with Crippen molar-refractivity contribution < 1.29 is 4.79 Å². The average molecular weight is 370 g/mol. The molecule has 0 spiro atoms. The average Bonchev–Trinajstić information content (AvgIpc) is 2.76. The molecule has 4 rings (SSSR count). The molecule has 0 saturated carbocycles. The fraction of sp³-hybridized carbons (Fsp3) is 0.240. The zero-order valence-corrected chi connectivity index (χ0v) is 16.1. The molecule has 1 heterocycles. The Morgan fingerprint density at radius 2 is 1.21 bits per heavy atom. The zero-order chi connectivity index (χ0) is 19.4. The van der Waals surface area contributed by atoms with E-state index < -0.39 is 5.54 Å². The SMILES string of the molecule is CCC[C@H]1NC(=O)[C@H]1NC(c1ccccc1)(c1ccccc1)c1ccccc1. The van der Waals surface area contributed by atoms with Crippen LogP contribution in [0.1, 0.15) is 36.5 Å². The molecule has 142 valence electrons. The number of benzene rings is 3. The molecule has 3 nitrogen and oxygen atoms in total. The van der Waals surface area contributed by atoms with Crippen molar-refractivity contribution in [3.8, 4) is 0 Å². The monoisotopic (exact) mass is 370 g/mol. The summed E-state index contributed by atoms with van der Waals surface area (Å²) in [6.45, 7) is 2.15. The predicted molar refractivity (Wildman–Crippen MR) is 113 cm³/mol. The summed E-state index contributed by atoms with van der Waals surface area (Å²) < 4.78 is 0. The van der Waals surface area contributed by atoms with Gasteiger partial charge >= 0.3 is 0 Å². The second-order valence-corrected chi connectivity index (χ2v) is 7.37. The molecule has 0 aromatic heterocycles. The Bertz CT molecular complexity index is 812. The van der Waals surface area contributed by atoms with Crippen LogP contribution in [0.4, 0.5) is 0 Å². The molecular formula is C25H26N2O. The van der Waals surface area contributed by atoms with Crippen LogP contribution in [0.2, 0.25) is 0 Å². The molecule has 0 bridgehead atoms. The molecule has 2 N–H and O–H groups in total. The minimum atomic E-state index is -0.599. The number of carbonyl (C=O) groups excluding carboxylic acids is 1. The molecule has 1 aliphatic heterocycles. The van der Waals surface area contributed by atoms with Crippen molar-refractivity contribution in [1.29, 1.82) is 0 Å². The van der Waals surface area contributed by atoms with E-state index in [1.165, 1.54) is 0 Å². The van der Waals surface area contributed by atoms with Crippen molar-refractivity contribution >= 4 is 5.91 Å². The molecule has 3 heteroatoms. The topological polar surface area (TPSA) is 41.1 Å². The van der Waals surface area contributed by atoms with Gasteiger partial charge in [-0.2, -0.15) is 0 Å². The van der Waals surface area contributed by atoms with Crippen molar-refractivity contribution in [3.05, 3.63) is 108 Å². The molecule has 0 radical (unpaired) electrons. The summed E-state index contributed by atoms with van der Waals surface area (Å²) in [5.41, 5.74) is 2.78. The summed E-state index contributed by atoms with van der Waals surface area (Å²) in [7, 11) is 0. The Labute approximate surface area is 166 Å². The van der Waals surface area contributed by atoms with Crippen LogP contribution in [0.3, 0.4) is 0 Å². The standard InChI is InChI=1S/C25H26N2O/c1-2-12-22-23(24(28)26-22)27-25(19-13-6-3-7-14-19,20-15-8-4-9-16-20)21-17-10-5-11-18-21/h3-11,13-18,22-23,27H,2,12H2,1H3,(H,26,28)/t22-,23+/m1/s1. The lowest BCUT2D eigenvalue weighted by atomic mass is 9.75. The second kappa shape index (κ2) is 7.99. The molecule has 1 amide bonds. The molecule has 0 aliphatic carbocycles. The lowest BCUT2D eigenvalue weighted by Crippen LogP contribution is -2.71. The molecule has 0 unspecified atom stereocenters. The third-order valence-corrected chi connectivity index (χ3v) is 5.60. The first-order valence-corrected chi connectivity index (χ1v) is 10.0. The predicted octanol–water partition coefficient (Wildman–Crippen LogP) is 4.24. The number of amides is 1. The molecule has 3 aromatic carbocycles. The van der Waals surface area contributed by atoms with Gasteiger partial charge in [0, 0.05) is 0 Å². The van der Waals surface area contributed by atoms with Crippen molar-refractivity contribution in [1.82, 2.24) is 10.6 Å². The maximum Gasteiger partial charge on any atom is 0.239 e. The van der Waals surface area contributed by atoms with E-state index in [4.69, 9.17) is 0 Å². The maximum absolute atomic E-state index is 12.5. The summed E-state index contributed by atoms with van der Waals surface area (Å²) in [6, 6.07) is 31.2. The van der Waals surface area contributed by atoms with Gasteiger partial charge in [0.2, 0.25) is 5.91 Å². The van der Waals surface area contributed by atoms with Crippen LogP contribution in [0.5, 0.6) is 0 Å². The minimum absolute atomic E-state index is 0.0746. The number of hydrogen-bond donors (Lipinski definition) is 2. The fourth-order valence-corrected chi connectivity index (χ4v) is 4.21. The van der Waals surface area contributed by atoms with Gasteiger partial charge in [0.1, 0.15) is 6.04 Å². The summed E-state index contributed by atoms with van der Waals surface area (Å²) in [5, 5.41) is 6.86. The van der Waals surface area contributed by atoms with Gasteiger partial charge in [-0.05, 0) is 23.1 Å². The van der Waals surface area contributed by atoms with E-state index in [0.717, 1.165) is 29.5 Å². The Hall–Kier alpha value is -2.91. The molecular weight excluding hydrogens is 344 g/mol. The Morgan fingerprint density at radius 3 is 1.57 bits per heavy atom. The van der Waals surface area contributed by atoms with E-state index in [0.29, 0.717) is 0 Å². The third-order valence-electron chi connectivity index (χ3n) is 5.60. The van der Waals surface area contributed by atoms with Crippen molar-refractivity contribution in [2.45, 2.75) is 37.4 Å². The van der Waals surface area contributed by atoms with Crippen molar-refractivity contribution in [2.75, 3.05) is 0 Å². The maximum atomic E-state index is 12.5. The largest absolute Gasteiger partial charge is 0.350 e. The Morgan fingerprint density at radius 1 is 0.786 bits per heavy atom. The van der Waals surface area contributed by atoms with Crippen LogP contribution in [0.25, 0.3) is 0 Å². The highest BCUT2D eigenvalue weighted by Gasteiger charge is 2.46. The number of hydrogen-bond acceptors (Lipinski definition) is 2. The van der Waals surface area contributed by atoms with Gasteiger partial charge in [0.25, 0.3) is 0 Å². The minimum Gasteiger partial charge on any atom is -0.350 e. The van der Waals surface area contributed by atoms with E-state index in [-0.39, 0.29) is 18.0 Å². The van der Waals surface area contributed by atoms with Gasteiger partial charge < -0.3 is 5.32 Å². The number of carbonyl (C=O) groups is 1. The van der Waals surface area contributed by atoms with Crippen LogP contribution in [-0.2, 0) is 10.3 Å².